The van der Waals surface area contributed by atoms with Crippen LogP contribution in [0.5, 0.6) is 0 Å². The van der Waals surface area contributed by atoms with Crippen LogP contribution in [0.25, 0.3) is 21.2 Å². The average Bonchev–Trinajstić information content (AvgIpc) is 3.67. The molecule has 0 spiro atoms. The van der Waals surface area contributed by atoms with Crippen molar-refractivity contribution < 1.29 is 0 Å². The predicted molar refractivity (Wildman–Crippen MR) is 308 cm³/mol. The van der Waals surface area contributed by atoms with E-state index in [0.717, 1.165) is 6.42 Å². The smallest absolute Gasteiger partial charge is 0.264 e. The molecule has 0 radical (unpaired) electrons. The normalized spacial score (nSPS) is 18.5. The lowest BCUT2D eigenvalue weighted by molar-refractivity contribution is 0.331. The van der Waals surface area contributed by atoms with Crippen molar-refractivity contribution in [1.82, 2.24) is 0 Å². The molecule has 0 saturated carbocycles. The van der Waals surface area contributed by atoms with Crippen molar-refractivity contribution in [3.8, 4) is 11.1 Å². The second kappa shape index (κ2) is 15.2. The van der Waals surface area contributed by atoms with Gasteiger partial charge in [0.1, 0.15) is 0 Å². The van der Waals surface area contributed by atoms with Gasteiger partial charge in [-0.3, -0.25) is 0 Å². The van der Waals surface area contributed by atoms with Crippen molar-refractivity contribution in [2.75, 3.05) is 9.80 Å². The van der Waals surface area contributed by atoms with E-state index in [9.17, 15) is 0 Å². The number of hydrogen-bond donors (Lipinski definition) is 0. The molecule has 0 atom stereocenters. The summed E-state index contributed by atoms with van der Waals surface area (Å²) in [6, 6.07) is 44.0. The molecule has 7 aromatic rings. The van der Waals surface area contributed by atoms with Gasteiger partial charge in [-0.25, -0.2) is 0 Å². The lowest BCUT2D eigenvalue weighted by Crippen LogP contribution is -2.61. The van der Waals surface area contributed by atoms with E-state index < -0.39 is 0 Å². The molecule has 0 saturated heterocycles. The van der Waals surface area contributed by atoms with E-state index in [1.54, 1.807) is 0 Å². The Balaban J connectivity index is 1.33. The van der Waals surface area contributed by atoms with Crippen LogP contribution in [0, 0.1) is 0 Å². The largest absolute Gasteiger partial charge is 0.311 e. The number of fused-ring (bicyclic) bond motifs is 9. The van der Waals surface area contributed by atoms with Gasteiger partial charge in [-0.05, 0) is 168 Å². The van der Waals surface area contributed by atoms with E-state index in [2.05, 4.69) is 237 Å². The third kappa shape index (κ3) is 7.22. The van der Waals surface area contributed by atoms with Crippen molar-refractivity contribution in [3.63, 3.8) is 0 Å². The van der Waals surface area contributed by atoms with Crippen LogP contribution < -0.4 is 25.5 Å². The summed E-state index contributed by atoms with van der Waals surface area (Å²) in [7, 11) is 0. The second-order valence-electron chi connectivity index (χ2n) is 27.6. The fourth-order valence-corrected chi connectivity index (χ4v) is 14.2. The number of rotatable bonds is 3. The van der Waals surface area contributed by atoms with Gasteiger partial charge < -0.3 is 9.80 Å². The van der Waals surface area contributed by atoms with E-state index in [1.165, 1.54) is 129 Å². The topological polar surface area (TPSA) is 6.48 Å². The summed E-state index contributed by atoms with van der Waals surface area (Å²) in [5, 5.41) is 1.35. The zero-order valence-electron chi connectivity index (χ0n) is 45.6. The summed E-state index contributed by atoms with van der Waals surface area (Å²) < 4.78 is 2.79. The van der Waals surface area contributed by atoms with Gasteiger partial charge in [0.25, 0.3) is 6.71 Å². The number of hydrogen-bond acceptors (Lipinski definition) is 3. The Morgan fingerprint density at radius 1 is 0.471 bits per heavy atom. The molecule has 0 amide bonds. The van der Waals surface area contributed by atoms with E-state index in [1.807, 2.05) is 11.3 Å². The summed E-state index contributed by atoms with van der Waals surface area (Å²) >= 11 is 2.03. The number of anilines is 6. The predicted octanol–water partition coefficient (Wildman–Crippen LogP) is 17.2. The summed E-state index contributed by atoms with van der Waals surface area (Å²) in [5.74, 6) is 0. The molecule has 4 heteroatoms. The quantitative estimate of drug-likeness (QED) is 0.163. The van der Waals surface area contributed by atoms with E-state index in [-0.39, 0.29) is 44.6 Å². The Morgan fingerprint density at radius 3 is 1.67 bits per heavy atom. The van der Waals surface area contributed by atoms with Crippen LogP contribution in [-0.4, -0.2) is 6.71 Å². The third-order valence-electron chi connectivity index (χ3n) is 17.6. The van der Waals surface area contributed by atoms with Crippen molar-refractivity contribution in [3.05, 3.63) is 148 Å². The second-order valence-corrected chi connectivity index (χ2v) is 28.7. The molecule has 4 aliphatic rings. The van der Waals surface area contributed by atoms with Gasteiger partial charge in [0.05, 0.1) is 11.4 Å². The highest BCUT2D eigenvalue weighted by molar-refractivity contribution is 7.33. The van der Waals surface area contributed by atoms with Crippen molar-refractivity contribution in [1.29, 1.82) is 0 Å². The van der Waals surface area contributed by atoms with E-state index >= 15 is 0 Å². The zero-order valence-corrected chi connectivity index (χ0v) is 46.4. The van der Waals surface area contributed by atoms with Gasteiger partial charge in [-0.15, -0.1) is 11.3 Å². The highest BCUT2D eigenvalue weighted by Gasteiger charge is 2.50. The molecule has 360 valence electrons. The van der Waals surface area contributed by atoms with Crippen molar-refractivity contribution in [2.45, 2.75) is 181 Å². The Kier molecular flexibility index (Phi) is 10.3. The molecular weight excluding hydrogens is 864 g/mol. The van der Waals surface area contributed by atoms with Crippen LogP contribution in [0.1, 0.15) is 182 Å². The Morgan fingerprint density at radius 2 is 1.03 bits per heavy atom. The highest BCUT2D eigenvalue weighted by atomic mass is 32.1. The van der Waals surface area contributed by atoms with Gasteiger partial charge in [-0.2, -0.15) is 0 Å². The summed E-state index contributed by atoms with van der Waals surface area (Å²) in [6.07, 6.45) is 4.71. The first-order valence-electron chi connectivity index (χ1n) is 26.5. The number of thiophene rings is 1. The molecule has 2 aliphatic heterocycles. The Hall–Kier alpha value is -5.06. The molecule has 0 fully saturated rings. The third-order valence-corrected chi connectivity index (χ3v) is 18.8. The molecule has 11 rings (SSSR count). The average molecular weight is 941 g/mol. The van der Waals surface area contributed by atoms with Crippen LogP contribution >= 0.6 is 11.3 Å². The summed E-state index contributed by atoms with van der Waals surface area (Å²) in [4.78, 5) is 5.54. The van der Waals surface area contributed by atoms with Crippen LogP contribution in [0.2, 0.25) is 0 Å². The molecule has 70 heavy (non-hydrogen) atoms. The molecule has 2 aliphatic carbocycles. The van der Waals surface area contributed by atoms with Crippen molar-refractivity contribution >= 4 is 78.0 Å². The minimum atomic E-state index is -0.132. The first-order chi connectivity index (χ1) is 32.6. The van der Waals surface area contributed by atoms with Gasteiger partial charge in [-0.1, -0.05) is 178 Å². The van der Waals surface area contributed by atoms with Crippen molar-refractivity contribution in [2.24, 2.45) is 0 Å². The Labute approximate surface area is 426 Å². The van der Waals surface area contributed by atoms with Gasteiger partial charge in [0.2, 0.25) is 0 Å². The first-order valence-corrected chi connectivity index (χ1v) is 27.3. The van der Waals surface area contributed by atoms with Crippen LogP contribution in [-0.2, 0) is 37.9 Å². The molecular formula is C66H77BN2S. The fourth-order valence-electron chi connectivity index (χ4n) is 12.9. The van der Waals surface area contributed by atoms with Crippen LogP contribution in [0.4, 0.5) is 34.1 Å². The number of benzene rings is 6. The first kappa shape index (κ1) is 47.3. The maximum atomic E-state index is 2.80. The minimum Gasteiger partial charge on any atom is -0.311 e. The molecule has 3 heterocycles. The highest BCUT2D eigenvalue weighted by Crippen LogP contribution is 2.57. The fraction of sp³-hybridized carbons (Fsp3) is 0.424. The summed E-state index contributed by atoms with van der Waals surface area (Å²) in [5.41, 5.74) is 23.4. The maximum Gasteiger partial charge on any atom is 0.264 e. The molecule has 2 nitrogen and oxygen atoms in total. The summed E-state index contributed by atoms with van der Waals surface area (Å²) in [6.45, 7) is 41.4. The van der Waals surface area contributed by atoms with Crippen LogP contribution in [0.15, 0.2) is 109 Å². The maximum absolute atomic E-state index is 2.80. The SMILES string of the molecule is CC(C)(C)c1ccc(N2c3cc(C(C)(C)C)cc4c3B(c3ccc5c(c3N4c3ccc4c(c3)C(C)(C)CCC4(C)C)C(C)(C)CCC5(C)C)c3sc4ccc(C(C)(C)C)cc4c32)c(-c2ccccc2)c1. The lowest BCUT2D eigenvalue weighted by Gasteiger charge is -2.50. The van der Waals surface area contributed by atoms with Crippen LogP contribution in [0.3, 0.4) is 0 Å². The number of nitrogens with zero attached hydrogens (tertiary/aromatic N) is 2. The molecule has 0 bridgehead atoms. The monoisotopic (exact) mass is 941 g/mol. The van der Waals surface area contributed by atoms with E-state index in [0.29, 0.717) is 0 Å². The van der Waals surface area contributed by atoms with Gasteiger partial charge in [0, 0.05) is 43.2 Å². The minimum absolute atomic E-state index is 0.00934. The molecule has 0 unspecified atom stereocenters. The van der Waals surface area contributed by atoms with Gasteiger partial charge in [0.15, 0.2) is 0 Å². The Bertz CT molecular complexity index is 3280. The van der Waals surface area contributed by atoms with Gasteiger partial charge >= 0.3 is 0 Å². The lowest BCUT2D eigenvalue weighted by atomic mass is 9.35. The van der Waals surface area contributed by atoms with E-state index in [4.69, 9.17) is 0 Å². The molecule has 6 aromatic carbocycles. The molecule has 0 N–H and O–H groups in total. The zero-order chi connectivity index (χ0) is 50.0. The molecule has 1 aromatic heterocycles. The standard InChI is InChI=1S/C66H77BN2S/c1-60(2,3)41-23-29-51(45(35-41)40-21-19-18-20-22-40)69-53-38-43(62(7,8)9)37-52-56(53)67(59-57(69)46-36-42(61(4,5)6)24-30-54(46)70-59)50-28-27-48-55(66(16,17)34-33-64(48,12)13)58(50)68(52)44-25-26-47-49(39-44)65(14,15)32-31-63(47,10)11/h18-30,35-39H,31-34H2,1-17H3.